The van der Waals surface area contributed by atoms with E-state index in [9.17, 15) is 0 Å². The van der Waals surface area contributed by atoms with Gasteiger partial charge in [0.15, 0.2) is 17.5 Å². The van der Waals surface area contributed by atoms with E-state index >= 15 is 0 Å². The number of guanidine groups is 1. The summed E-state index contributed by atoms with van der Waals surface area (Å²) >= 11 is 0. The van der Waals surface area contributed by atoms with Crippen LogP contribution in [-0.2, 0) is 17.8 Å². The van der Waals surface area contributed by atoms with Gasteiger partial charge in [-0.25, -0.2) is 4.99 Å². The van der Waals surface area contributed by atoms with Crippen molar-refractivity contribution in [1.82, 2.24) is 10.6 Å². The second-order valence-corrected chi connectivity index (χ2v) is 6.92. The lowest BCUT2D eigenvalue weighted by Crippen LogP contribution is -2.36. The Bertz CT molecular complexity index is 840. The summed E-state index contributed by atoms with van der Waals surface area (Å²) in [4.78, 5) is 4.71. The first-order chi connectivity index (χ1) is 15.1. The zero-order chi connectivity index (χ0) is 22.5. The van der Waals surface area contributed by atoms with Gasteiger partial charge < -0.3 is 29.6 Å². The van der Waals surface area contributed by atoms with E-state index in [1.165, 1.54) is 0 Å². The number of nitrogens with one attached hydrogen (secondary N) is 2. The quantitative estimate of drug-likeness (QED) is 0.305. The zero-order valence-electron chi connectivity index (χ0n) is 19.3. The largest absolute Gasteiger partial charge is 0.493 e. The van der Waals surface area contributed by atoms with Crippen LogP contribution in [0.1, 0.15) is 30.5 Å². The molecule has 0 unspecified atom stereocenters. The molecule has 0 saturated carbocycles. The van der Waals surface area contributed by atoms with Crippen molar-refractivity contribution in [2.24, 2.45) is 4.99 Å². The van der Waals surface area contributed by atoms with Crippen LogP contribution in [0.3, 0.4) is 0 Å². The number of ether oxygens (including phenoxy) is 4. The molecule has 0 bridgehead atoms. The molecule has 2 aromatic carbocycles. The van der Waals surface area contributed by atoms with Gasteiger partial charge in [0.2, 0.25) is 0 Å². The number of nitrogens with zero attached hydrogens (tertiary/aromatic N) is 1. The van der Waals surface area contributed by atoms with Crippen LogP contribution >= 0.6 is 0 Å². The fourth-order valence-corrected chi connectivity index (χ4v) is 2.95. The molecule has 31 heavy (non-hydrogen) atoms. The van der Waals surface area contributed by atoms with E-state index in [-0.39, 0.29) is 0 Å². The monoisotopic (exact) mass is 429 g/mol. The third kappa shape index (κ3) is 8.02. The van der Waals surface area contributed by atoms with Gasteiger partial charge in [0, 0.05) is 25.8 Å². The lowest BCUT2D eigenvalue weighted by molar-refractivity contribution is 0.145. The highest BCUT2D eigenvalue weighted by Gasteiger charge is 2.08. The van der Waals surface area contributed by atoms with Crippen LogP contribution < -0.4 is 24.8 Å². The predicted molar refractivity (Wildman–Crippen MR) is 124 cm³/mol. The molecule has 0 aromatic heterocycles. The van der Waals surface area contributed by atoms with Gasteiger partial charge in [-0.15, -0.1) is 0 Å². The minimum atomic E-state index is 0.515. The fraction of sp³-hybridized carbons (Fsp3) is 0.458. The third-order valence-electron chi connectivity index (χ3n) is 4.51. The topological polar surface area (TPSA) is 73.3 Å². The summed E-state index contributed by atoms with van der Waals surface area (Å²) < 4.78 is 22.0. The molecule has 7 nitrogen and oxygen atoms in total. The Morgan fingerprint density at radius 1 is 0.903 bits per heavy atom. The normalized spacial score (nSPS) is 11.2. The predicted octanol–water partition coefficient (Wildman–Crippen LogP) is 3.68. The molecule has 7 heteroatoms. The number of rotatable bonds is 12. The lowest BCUT2D eigenvalue weighted by Gasteiger charge is -2.15. The first-order valence-corrected chi connectivity index (χ1v) is 10.6. The van der Waals surface area contributed by atoms with E-state index in [4.69, 9.17) is 23.9 Å². The average Bonchev–Trinajstić information content (AvgIpc) is 2.77. The molecule has 0 spiro atoms. The van der Waals surface area contributed by atoms with Crippen LogP contribution in [0, 0.1) is 6.92 Å². The number of benzene rings is 2. The molecule has 0 aliphatic rings. The smallest absolute Gasteiger partial charge is 0.191 e. The van der Waals surface area contributed by atoms with Crippen LogP contribution in [0.25, 0.3) is 0 Å². The molecule has 2 aromatic rings. The van der Waals surface area contributed by atoms with Crippen LogP contribution in [0.15, 0.2) is 41.4 Å². The van der Waals surface area contributed by atoms with Crippen molar-refractivity contribution in [1.29, 1.82) is 0 Å². The van der Waals surface area contributed by atoms with Gasteiger partial charge in [-0.1, -0.05) is 18.2 Å². The number of methoxy groups -OCH3 is 2. The highest BCUT2D eigenvalue weighted by atomic mass is 16.5. The molecule has 170 valence electrons. The van der Waals surface area contributed by atoms with Crippen molar-refractivity contribution < 1.29 is 18.9 Å². The average molecular weight is 430 g/mol. The second-order valence-electron chi connectivity index (χ2n) is 6.92. The molecule has 0 aliphatic carbocycles. The summed E-state index contributed by atoms with van der Waals surface area (Å²) in [7, 11) is 3.31. The summed E-state index contributed by atoms with van der Waals surface area (Å²) in [5.41, 5.74) is 3.26. The van der Waals surface area contributed by atoms with E-state index in [0.717, 1.165) is 40.7 Å². The summed E-state index contributed by atoms with van der Waals surface area (Å²) in [5, 5.41) is 6.68. The maximum atomic E-state index is 5.89. The SMILES string of the molecule is CCNC(=NCc1ccc(OCC)c(OC)c1)NCc1ccc(C)cc1OCCOC. The Kier molecular flexibility index (Phi) is 10.5. The van der Waals surface area contributed by atoms with Gasteiger partial charge in [-0.2, -0.15) is 0 Å². The maximum Gasteiger partial charge on any atom is 0.191 e. The van der Waals surface area contributed by atoms with Crippen molar-refractivity contribution in [2.75, 3.05) is 40.6 Å². The number of hydrogen-bond donors (Lipinski definition) is 2. The van der Waals surface area contributed by atoms with Gasteiger partial charge >= 0.3 is 0 Å². The second kappa shape index (κ2) is 13.4. The molecule has 0 atom stereocenters. The van der Waals surface area contributed by atoms with E-state index in [1.807, 2.05) is 38.1 Å². The van der Waals surface area contributed by atoms with Crippen LogP contribution in [-0.4, -0.2) is 46.5 Å². The summed E-state index contributed by atoms with van der Waals surface area (Å²) in [6.45, 7) is 9.59. The Morgan fingerprint density at radius 2 is 1.74 bits per heavy atom. The fourth-order valence-electron chi connectivity index (χ4n) is 2.95. The first kappa shape index (κ1) is 24.3. The molecule has 2 N–H and O–H groups in total. The molecule has 0 amide bonds. The van der Waals surface area contributed by atoms with Crippen LogP contribution in [0.2, 0.25) is 0 Å². The lowest BCUT2D eigenvalue weighted by atomic mass is 10.1. The Labute approximate surface area is 185 Å². The van der Waals surface area contributed by atoms with Gasteiger partial charge in [0.25, 0.3) is 0 Å². The molecule has 2 rings (SSSR count). The Morgan fingerprint density at radius 3 is 2.45 bits per heavy atom. The molecule has 0 radical (unpaired) electrons. The van der Waals surface area contributed by atoms with Gasteiger partial charge in [0.1, 0.15) is 12.4 Å². The van der Waals surface area contributed by atoms with Gasteiger partial charge in [-0.05, 0) is 50.1 Å². The van der Waals surface area contributed by atoms with E-state index in [1.54, 1.807) is 14.2 Å². The zero-order valence-corrected chi connectivity index (χ0v) is 19.3. The number of hydrogen-bond acceptors (Lipinski definition) is 5. The van der Waals surface area contributed by atoms with Crippen molar-refractivity contribution >= 4 is 5.96 Å². The molecule has 0 aliphatic heterocycles. The third-order valence-corrected chi connectivity index (χ3v) is 4.51. The summed E-state index contributed by atoms with van der Waals surface area (Å²) in [6.07, 6.45) is 0. The van der Waals surface area contributed by atoms with Crippen molar-refractivity contribution in [3.8, 4) is 17.2 Å². The van der Waals surface area contributed by atoms with Crippen molar-refractivity contribution in [2.45, 2.75) is 33.9 Å². The van der Waals surface area contributed by atoms with Crippen molar-refractivity contribution in [3.63, 3.8) is 0 Å². The molecule has 0 heterocycles. The highest BCUT2D eigenvalue weighted by Crippen LogP contribution is 2.28. The van der Waals surface area contributed by atoms with Crippen LogP contribution in [0.4, 0.5) is 0 Å². The first-order valence-electron chi connectivity index (χ1n) is 10.6. The molecular formula is C24H35N3O4. The van der Waals surface area contributed by atoms with Gasteiger partial charge in [0.05, 0.1) is 26.9 Å². The summed E-state index contributed by atoms with van der Waals surface area (Å²) in [5.74, 6) is 3.04. The van der Waals surface area contributed by atoms with E-state index in [0.29, 0.717) is 38.7 Å². The van der Waals surface area contributed by atoms with Gasteiger partial charge in [-0.3, -0.25) is 0 Å². The number of aliphatic imine (C=N–C) groups is 1. The minimum absolute atomic E-state index is 0.515. The Balaban J connectivity index is 2.07. The minimum Gasteiger partial charge on any atom is -0.493 e. The Hall–Kier alpha value is -2.93. The standard InChI is InChI=1S/C24H35N3O4/c1-6-25-24(26-16-19-9-11-21(30-7-2)23(15-19)29-5)27-17-20-10-8-18(3)14-22(20)31-13-12-28-4/h8-11,14-15H,6-7,12-13,16-17H2,1-5H3,(H2,25,26,27). The number of aryl methyl sites for hydroxylation is 1. The molecule has 0 fully saturated rings. The highest BCUT2D eigenvalue weighted by molar-refractivity contribution is 5.79. The molecule has 0 saturated heterocycles. The molecular weight excluding hydrogens is 394 g/mol. The maximum absolute atomic E-state index is 5.89. The van der Waals surface area contributed by atoms with E-state index in [2.05, 4.69) is 29.7 Å². The summed E-state index contributed by atoms with van der Waals surface area (Å²) in [6, 6.07) is 12.1. The van der Waals surface area contributed by atoms with Crippen LogP contribution in [0.5, 0.6) is 17.2 Å². The van der Waals surface area contributed by atoms with E-state index < -0.39 is 0 Å². The van der Waals surface area contributed by atoms with Crippen molar-refractivity contribution in [3.05, 3.63) is 53.1 Å².